The Morgan fingerprint density at radius 1 is 1.03 bits per heavy atom. The molecule has 0 aliphatic heterocycles. The molecular formula is C23H23FN2O4. The molecule has 0 aliphatic carbocycles. The Hall–Kier alpha value is -3.58. The number of hydrogen-bond donors (Lipinski definition) is 4. The average molecular weight is 410 g/mol. The van der Waals surface area contributed by atoms with Crippen LogP contribution in [0, 0.1) is 5.82 Å². The van der Waals surface area contributed by atoms with Crippen molar-refractivity contribution in [3.8, 4) is 33.8 Å². The standard InChI is InChI=1S/C23H23FN2O4/c1-13(27)25-20-9-7-15(11-19(20)24)17-5-4-6-18(23(17)29)16-8-10-21(26-14(2)28)22(12-16)30-3/h4-13,25,27,29H,1-3H3,(H,26,28). The maximum atomic E-state index is 14.4. The van der Waals surface area contributed by atoms with E-state index in [1.165, 1.54) is 33.1 Å². The van der Waals surface area contributed by atoms with Crippen LogP contribution in [-0.2, 0) is 4.79 Å². The molecule has 6 nitrogen and oxygen atoms in total. The number of phenolic OH excluding ortho intramolecular Hbond substituents is 1. The highest BCUT2D eigenvalue weighted by molar-refractivity contribution is 5.91. The topological polar surface area (TPSA) is 90.8 Å². The van der Waals surface area contributed by atoms with Crippen molar-refractivity contribution in [1.82, 2.24) is 0 Å². The number of phenols is 1. The fourth-order valence-corrected chi connectivity index (χ4v) is 3.19. The molecule has 3 aromatic carbocycles. The number of carbonyl (C=O) groups excluding carboxylic acids is 1. The van der Waals surface area contributed by atoms with E-state index in [4.69, 9.17) is 4.74 Å². The summed E-state index contributed by atoms with van der Waals surface area (Å²) in [6.07, 6.45) is -0.891. The summed E-state index contributed by atoms with van der Waals surface area (Å²) in [4.78, 5) is 11.3. The molecule has 156 valence electrons. The summed E-state index contributed by atoms with van der Waals surface area (Å²) in [5.74, 6) is -0.324. The normalized spacial score (nSPS) is 11.6. The minimum Gasteiger partial charge on any atom is -0.507 e. The summed E-state index contributed by atoms with van der Waals surface area (Å²) in [7, 11) is 1.49. The molecule has 30 heavy (non-hydrogen) atoms. The van der Waals surface area contributed by atoms with Gasteiger partial charge in [-0.25, -0.2) is 4.39 Å². The van der Waals surface area contributed by atoms with Crippen molar-refractivity contribution in [2.75, 3.05) is 17.7 Å². The summed E-state index contributed by atoms with van der Waals surface area (Å²) in [6.45, 7) is 2.90. The van der Waals surface area contributed by atoms with Gasteiger partial charge in [-0.1, -0.05) is 30.3 Å². The second-order valence-corrected chi connectivity index (χ2v) is 6.81. The van der Waals surface area contributed by atoms with Crippen LogP contribution >= 0.6 is 0 Å². The number of aliphatic hydroxyl groups excluding tert-OH is 1. The van der Waals surface area contributed by atoms with E-state index in [9.17, 15) is 19.4 Å². The number of halogens is 1. The number of hydrogen-bond acceptors (Lipinski definition) is 5. The van der Waals surface area contributed by atoms with Crippen molar-refractivity contribution in [1.29, 1.82) is 0 Å². The van der Waals surface area contributed by atoms with E-state index in [-0.39, 0.29) is 17.3 Å². The SMILES string of the molecule is COc1cc(-c2cccc(-c3ccc(NC(C)O)c(F)c3)c2O)ccc1NC(C)=O. The molecule has 0 fully saturated rings. The molecule has 3 aromatic rings. The smallest absolute Gasteiger partial charge is 0.221 e. The van der Waals surface area contributed by atoms with Crippen molar-refractivity contribution in [3.05, 3.63) is 60.4 Å². The Morgan fingerprint density at radius 3 is 2.17 bits per heavy atom. The lowest BCUT2D eigenvalue weighted by molar-refractivity contribution is -0.114. The van der Waals surface area contributed by atoms with E-state index >= 15 is 0 Å². The van der Waals surface area contributed by atoms with Crippen molar-refractivity contribution < 1.29 is 24.1 Å². The number of benzene rings is 3. The number of aliphatic hydroxyl groups is 1. The number of nitrogens with one attached hydrogen (secondary N) is 2. The van der Waals surface area contributed by atoms with Gasteiger partial charge in [-0.2, -0.15) is 0 Å². The quantitative estimate of drug-likeness (QED) is 0.447. The molecule has 1 amide bonds. The highest BCUT2D eigenvalue weighted by Crippen LogP contribution is 2.40. The number of aromatic hydroxyl groups is 1. The molecule has 0 radical (unpaired) electrons. The number of para-hydroxylation sites is 1. The lowest BCUT2D eigenvalue weighted by Gasteiger charge is -2.15. The van der Waals surface area contributed by atoms with E-state index in [1.54, 1.807) is 42.5 Å². The zero-order valence-corrected chi connectivity index (χ0v) is 16.9. The molecule has 0 aliphatic rings. The zero-order chi connectivity index (χ0) is 21.8. The molecule has 1 unspecified atom stereocenters. The number of rotatable bonds is 6. The van der Waals surface area contributed by atoms with E-state index < -0.39 is 12.0 Å². The zero-order valence-electron chi connectivity index (χ0n) is 16.9. The number of ether oxygens (including phenoxy) is 1. The van der Waals surface area contributed by atoms with Gasteiger partial charge < -0.3 is 25.6 Å². The van der Waals surface area contributed by atoms with E-state index in [1.807, 2.05) is 0 Å². The fraction of sp³-hybridized carbons (Fsp3) is 0.174. The molecule has 0 saturated heterocycles. The van der Waals surface area contributed by atoms with Gasteiger partial charge in [0.2, 0.25) is 5.91 Å². The highest BCUT2D eigenvalue weighted by atomic mass is 19.1. The Kier molecular flexibility index (Phi) is 6.23. The molecule has 1 atom stereocenters. The van der Waals surface area contributed by atoms with Gasteiger partial charge in [-0.3, -0.25) is 4.79 Å². The highest BCUT2D eigenvalue weighted by Gasteiger charge is 2.15. The van der Waals surface area contributed by atoms with Gasteiger partial charge in [0.15, 0.2) is 0 Å². The third kappa shape index (κ3) is 4.52. The lowest BCUT2D eigenvalue weighted by atomic mass is 9.96. The molecule has 0 saturated carbocycles. The van der Waals surface area contributed by atoms with Crippen molar-refractivity contribution >= 4 is 17.3 Å². The van der Waals surface area contributed by atoms with Crippen molar-refractivity contribution in [2.24, 2.45) is 0 Å². The summed E-state index contributed by atoms with van der Waals surface area (Å²) < 4.78 is 19.7. The second-order valence-electron chi connectivity index (χ2n) is 6.81. The van der Waals surface area contributed by atoms with Gasteiger partial charge in [0.25, 0.3) is 0 Å². The van der Waals surface area contributed by atoms with Gasteiger partial charge in [0, 0.05) is 18.1 Å². The van der Waals surface area contributed by atoms with Crippen LogP contribution in [0.2, 0.25) is 0 Å². The van der Waals surface area contributed by atoms with Crippen LogP contribution in [0.3, 0.4) is 0 Å². The largest absolute Gasteiger partial charge is 0.507 e. The first-order valence-corrected chi connectivity index (χ1v) is 9.32. The van der Waals surface area contributed by atoms with Crippen LogP contribution in [0.1, 0.15) is 13.8 Å². The minimum absolute atomic E-state index is 0.0116. The number of carbonyl (C=O) groups is 1. The molecule has 0 bridgehead atoms. The summed E-state index contributed by atoms with van der Waals surface area (Å²) in [5.41, 5.74) is 2.85. The third-order valence-corrected chi connectivity index (χ3v) is 4.50. The summed E-state index contributed by atoms with van der Waals surface area (Å²) in [6, 6.07) is 14.8. The number of amides is 1. The molecule has 0 spiro atoms. The fourth-order valence-electron chi connectivity index (χ4n) is 3.19. The Morgan fingerprint density at radius 2 is 1.63 bits per heavy atom. The molecule has 4 N–H and O–H groups in total. The minimum atomic E-state index is -0.891. The Balaban J connectivity index is 2.02. The van der Waals surface area contributed by atoms with Crippen LogP contribution in [-0.4, -0.2) is 29.5 Å². The molecular weight excluding hydrogens is 387 g/mol. The maximum Gasteiger partial charge on any atom is 0.221 e. The maximum absolute atomic E-state index is 14.4. The summed E-state index contributed by atoms with van der Waals surface area (Å²) >= 11 is 0. The first kappa shape index (κ1) is 21.1. The van der Waals surface area contributed by atoms with Crippen LogP contribution < -0.4 is 15.4 Å². The van der Waals surface area contributed by atoms with Gasteiger partial charge in [0.1, 0.15) is 23.5 Å². The Labute approximate surface area is 173 Å². The third-order valence-electron chi connectivity index (χ3n) is 4.50. The molecule has 3 rings (SSSR count). The number of methoxy groups -OCH3 is 1. The van der Waals surface area contributed by atoms with Gasteiger partial charge in [0.05, 0.1) is 18.5 Å². The first-order chi connectivity index (χ1) is 14.3. The van der Waals surface area contributed by atoms with Gasteiger partial charge >= 0.3 is 0 Å². The van der Waals surface area contributed by atoms with Crippen molar-refractivity contribution in [3.63, 3.8) is 0 Å². The van der Waals surface area contributed by atoms with Crippen LogP contribution in [0.15, 0.2) is 54.6 Å². The molecule has 0 heterocycles. The van der Waals surface area contributed by atoms with E-state index in [0.717, 1.165) is 0 Å². The first-order valence-electron chi connectivity index (χ1n) is 9.32. The van der Waals surface area contributed by atoms with E-state index in [2.05, 4.69) is 10.6 Å². The predicted molar refractivity (Wildman–Crippen MR) is 115 cm³/mol. The van der Waals surface area contributed by atoms with Gasteiger partial charge in [-0.05, 0) is 42.3 Å². The second kappa shape index (κ2) is 8.84. The lowest BCUT2D eigenvalue weighted by Crippen LogP contribution is -2.14. The predicted octanol–water partition coefficient (Wildman–Crippen LogP) is 4.58. The number of anilines is 2. The molecule has 0 aromatic heterocycles. The average Bonchev–Trinajstić information content (AvgIpc) is 2.69. The van der Waals surface area contributed by atoms with Crippen LogP contribution in [0.25, 0.3) is 22.3 Å². The van der Waals surface area contributed by atoms with Gasteiger partial charge in [-0.15, -0.1) is 0 Å². The summed E-state index contributed by atoms with van der Waals surface area (Å²) in [5, 5.41) is 25.6. The monoisotopic (exact) mass is 410 g/mol. The molecule has 7 heteroatoms. The van der Waals surface area contributed by atoms with E-state index in [0.29, 0.717) is 33.7 Å². The van der Waals surface area contributed by atoms with Crippen molar-refractivity contribution in [2.45, 2.75) is 20.1 Å². The Bertz CT molecular complexity index is 1080. The van der Waals surface area contributed by atoms with Crippen LogP contribution in [0.5, 0.6) is 11.5 Å². The van der Waals surface area contributed by atoms with Crippen LogP contribution in [0.4, 0.5) is 15.8 Å².